The Labute approximate surface area is 105 Å². The number of amides is 1. The van der Waals surface area contributed by atoms with Gasteiger partial charge >= 0.3 is 0 Å². The monoisotopic (exact) mass is 249 g/mol. The smallest absolute Gasteiger partial charge is 0.222 e. The van der Waals surface area contributed by atoms with Gasteiger partial charge in [0.15, 0.2) is 0 Å². The lowest BCUT2D eigenvalue weighted by molar-refractivity contribution is -0.123. The van der Waals surface area contributed by atoms with Gasteiger partial charge in [-0.05, 0) is 18.2 Å². The molecule has 96 valence electrons. The van der Waals surface area contributed by atoms with Crippen LogP contribution in [0.4, 0.5) is 4.39 Å². The third kappa shape index (κ3) is 2.85. The lowest BCUT2D eigenvalue weighted by Gasteiger charge is -2.05. The minimum atomic E-state index is -0.286. The number of fused-ring (bicyclic) bond motifs is 1. The molecule has 0 aliphatic carbocycles. The van der Waals surface area contributed by atoms with E-state index in [1.165, 1.54) is 12.1 Å². The Bertz CT molecular complexity index is 562. The quantitative estimate of drug-likeness (QED) is 0.871. The van der Waals surface area contributed by atoms with Crippen molar-refractivity contribution in [1.82, 2.24) is 15.3 Å². The average Bonchev–Trinajstić information content (AvgIpc) is 2.70. The summed E-state index contributed by atoms with van der Waals surface area (Å²) in [6.07, 6.45) is 0.606. The molecule has 0 fully saturated rings. The van der Waals surface area contributed by atoms with Crippen molar-refractivity contribution >= 4 is 16.9 Å². The number of carbonyl (C=O) groups excluding carboxylic acids is 1. The van der Waals surface area contributed by atoms with Crippen LogP contribution in [0.2, 0.25) is 0 Å². The Balaban J connectivity index is 1.98. The molecular weight excluding hydrogens is 233 g/mol. The van der Waals surface area contributed by atoms with Crippen molar-refractivity contribution in [3.63, 3.8) is 0 Å². The molecule has 5 heteroatoms. The number of halogens is 1. The zero-order valence-corrected chi connectivity index (χ0v) is 10.5. The van der Waals surface area contributed by atoms with Crippen molar-refractivity contribution in [3.05, 3.63) is 29.8 Å². The first-order chi connectivity index (χ1) is 8.56. The van der Waals surface area contributed by atoms with Crippen LogP contribution in [-0.2, 0) is 11.2 Å². The first-order valence-corrected chi connectivity index (χ1v) is 5.98. The highest BCUT2D eigenvalue weighted by Crippen LogP contribution is 2.12. The minimum Gasteiger partial charge on any atom is -0.355 e. The Kier molecular flexibility index (Phi) is 3.60. The van der Waals surface area contributed by atoms with E-state index in [4.69, 9.17) is 0 Å². The summed E-state index contributed by atoms with van der Waals surface area (Å²) in [4.78, 5) is 18.7. The summed E-state index contributed by atoms with van der Waals surface area (Å²) in [6.45, 7) is 4.22. The molecule has 0 saturated carbocycles. The molecule has 4 nitrogen and oxygen atoms in total. The van der Waals surface area contributed by atoms with Gasteiger partial charge in [0.2, 0.25) is 5.91 Å². The van der Waals surface area contributed by atoms with E-state index in [0.717, 1.165) is 11.3 Å². The molecule has 0 bridgehead atoms. The van der Waals surface area contributed by atoms with E-state index >= 15 is 0 Å². The highest BCUT2D eigenvalue weighted by Gasteiger charge is 2.07. The number of nitrogens with zero attached hydrogens (tertiary/aromatic N) is 1. The van der Waals surface area contributed by atoms with Gasteiger partial charge in [0.05, 0.1) is 11.0 Å². The second-order valence-electron chi connectivity index (χ2n) is 4.54. The summed E-state index contributed by atoms with van der Waals surface area (Å²) in [5.41, 5.74) is 1.42. The van der Waals surface area contributed by atoms with Crippen molar-refractivity contribution in [2.75, 3.05) is 6.54 Å². The molecule has 0 saturated heterocycles. The molecule has 0 spiro atoms. The highest BCUT2D eigenvalue weighted by molar-refractivity contribution is 5.78. The first-order valence-electron chi connectivity index (χ1n) is 5.98. The number of aromatic nitrogens is 2. The first kappa shape index (κ1) is 12.5. The minimum absolute atomic E-state index is 0.0187. The largest absolute Gasteiger partial charge is 0.355 e. The summed E-state index contributed by atoms with van der Waals surface area (Å²) in [6, 6.07) is 4.43. The molecule has 2 rings (SSSR count). The summed E-state index contributed by atoms with van der Waals surface area (Å²) >= 11 is 0. The summed E-state index contributed by atoms with van der Waals surface area (Å²) < 4.78 is 13.0. The van der Waals surface area contributed by atoms with E-state index < -0.39 is 0 Å². The van der Waals surface area contributed by atoms with Gasteiger partial charge in [-0.25, -0.2) is 9.37 Å². The second kappa shape index (κ2) is 5.16. The van der Waals surface area contributed by atoms with Crippen molar-refractivity contribution in [2.45, 2.75) is 20.3 Å². The third-order valence-electron chi connectivity index (χ3n) is 2.68. The maximum absolute atomic E-state index is 13.0. The van der Waals surface area contributed by atoms with Crippen LogP contribution in [0.15, 0.2) is 18.2 Å². The Morgan fingerprint density at radius 1 is 1.50 bits per heavy atom. The maximum Gasteiger partial charge on any atom is 0.222 e. The van der Waals surface area contributed by atoms with Gasteiger partial charge in [0.1, 0.15) is 11.6 Å². The van der Waals surface area contributed by atoms with Gasteiger partial charge in [0, 0.05) is 18.9 Å². The fourth-order valence-electron chi connectivity index (χ4n) is 1.66. The Hall–Kier alpha value is -1.91. The van der Waals surface area contributed by atoms with E-state index in [1.807, 2.05) is 13.8 Å². The predicted octanol–water partition coefficient (Wildman–Crippen LogP) is 2.02. The second-order valence-corrected chi connectivity index (χ2v) is 4.54. The van der Waals surface area contributed by atoms with Crippen LogP contribution in [0.25, 0.3) is 11.0 Å². The zero-order chi connectivity index (χ0) is 13.1. The van der Waals surface area contributed by atoms with Gasteiger partial charge in [-0.15, -0.1) is 0 Å². The topological polar surface area (TPSA) is 57.8 Å². The molecule has 0 aliphatic heterocycles. The number of nitrogens with one attached hydrogen (secondary N) is 2. The third-order valence-corrected chi connectivity index (χ3v) is 2.68. The number of imidazole rings is 1. The van der Waals surface area contributed by atoms with Crippen molar-refractivity contribution in [2.24, 2.45) is 5.92 Å². The molecule has 0 unspecified atom stereocenters. The lowest BCUT2D eigenvalue weighted by atomic mass is 10.2. The van der Waals surface area contributed by atoms with Crippen LogP contribution in [0, 0.1) is 11.7 Å². The molecule has 1 heterocycles. The van der Waals surface area contributed by atoms with Crippen LogP contribution in [-0.4, -0.2) is 22.4 Å². The van der Waals surface area contributed by atoms with Crippen LogP contribution < -0.4 is 5.32 Å². The molecule has 1 amide bonds. The van der Waals surface area contributed by atoms with E-state index in [0.29, 0.717) is 18.5 Å². The molecule has 1 aromatic heterocycles. The van der Waals surface area contributed by atoms with Gasteiger partial charge in [-0.1, -0.05) is 13.8 Å². The van der Waals surface area contributed by atoms with Gasteiger partial charge < -0.3 is 10.3 Å². The number of benzene rings is 1. The molecular formula is C13H16FN3O. The number of carbonyl (C=O) groups is 1. The molecule has 2 N–H and O–H groups in total. The number of hydrogen-bond acceptors (Lipinski definition) is 2. The Morgan fingerprint density at radius 3 is 3.00 bits per heavy atom. The van der Waals surface area contributed by atoms with E-state index in [-0.39, 0.29) is 17.6 Å². The summed E-state index contributed by atoms with van der Waals surface area (Å²) in [5.74, 6) is 0.470. The molecule has 1 aromatic carbocycles. The molecule has 2 aromatic rings. The SMILES string of the molecule is CC(C)C(=O)NCCc1nc2ccc(F)cc2[nH]1. The Morgan fingerprint density at radius 2 is 2.28 bits per heavy atom. The van der Waals surface area contributed by atoms with Crippen molar-refractivity contribution < 1.29 is 9.18 Å². The van der Waals surface area contributed by atoms with E-state index in [2.05, 4.69) is 15.3 Å². The summed E-state index contributed by atoms with van der Waals surface area (Å²) in [7, 11) is 0. The van der Waals surface area contributed by atoms with Crippen molar-refractivity contribution in [1.29, 1.82) is 0 Å². The van der Waals surface area contributed by atoms with Gasteiger partial charge in [0.25, 0.3) is 0 Å². The maximum atomic E-state index is 13.0. The van der Waals surface area contributed by atoms with Crippen LogP contribution in [0.3, 0.4) is 0 Å². The van der Waals surface area contributed by atoms with E-state index in [1.54, 1.807) is 6.07 Å². The van der Waals surface area contributed by atoms with Crippen LogP contribution in [0.1, 0.15) is 19.7 Å². The molecule has 0 aliphatic rings. The number of rotatable bonds is 4. The molecule has 18 heavy (non-hydrogen) atoms. The van der Waals surface area contributed by atoms with Gasteiger partial charge in [-0.3, -0.25) is 4.79 Å². The molecule has 0 radical (unpaired) electrons. The fourth-order valence-corrected chi connectivity index (χ4v) is 1.66. The standard InChI is InChI=1S/C13H16FN3O/c1-8(2)13(18)15-6-5-12-16-10-4-3-9(14)7-11(10)17-12/h3-4,7-8H,5-6H2,1-2H3,(H,15,18)(H,16,17). The lowest BCUT2D eigenvalue weighted by Crippen LogP contribution is -2.29. The zero-order valence-electron chi connectivity index (χ0n) is 10.5. The number of H-pyrrole nitrogens is 1. The average molecular weight is 249 g/mol. The van der Waals surface area contributed by atoms with Gasteiger partial charge in [-0.2, -0.15) is 0 Å². The summed E-state index contributed by atoms with van der Waals surface area (Å²) in [5, 5.41) is 2.81. The highest BCUT2D eigenvalue weighted by atomic mass is 19.1. The molecule has 0 atom stereocenters. The number of aromatic amines is 1. The predicted molar refractivity (Wildman–Crippen MR) is 67.6 cm³/mol. The van der Waals surface area contributed by atoms with Crippen molar-refractivity contribution in [3.8, 4) is 0 Å². The number of hydrogen-bond donors (Lipinski definition) is 2. The van der Waals surface area contributed by atoms with Crippen LogP contribution >= 0.6 is 0 Å². The van der Waals surface area contributed by atoms with Crippen LogP contribution in [0.5, 0.6) is 0 Å². The normalized spacial score (nSPS) is 11.1. The van der Waals surface area contributed by atoms with E-state index in [9.17, 15) is 9.18 Å². The fraction of sp³-hybridized carbons (Fsp3) is 0.385.